The molecule has 16 heavy (non-hydrogen) atoms. The molecule has 1 aliphatic heterocycles. The van der Waals surface area contributed by atoms with Crippen LogP contribution in [0.3, 0.4) is 0 Å². The van der Waals surface area contributed by atoms with E-state index in [0.717, 1.165) is 5.56 Å². The molecule has 2 amide bonds. The number of carbonyl (C=O) groups excluding carboxylic acids is 2. The summed E-state index contributed by atoms with van der Waals surface area (Å²) in [5.74, 6) is -0.212. The van der Waals surface area contributed by atoms with E-state index in [1.807, 2.05) is 31.2 Å². The fourth-order valence-corrected chi connectivity index (χ4v) is 2.26. The minimum Gasteiger partial charge on any atom is -0.274 e. The molecule has 0 N–H and O–H groups in total. The largest absolute Gasteiger partial charge is 0.274 e. The average Bonchev–Trinajstić information content (AvgIpc) is 2.58. The molecule has 0 radical (unpaired) electrons. The molecule has 1 aromatic rings. The van der Waals surface area contributed by atoms with E-state index < -0.39 is 0 Å². The maximum absolute atomic E-state index is 11.6. The first kappa shape index (κ1) is 11.3. The van der Waals surface area contributed by atoms with Crippen LogP contribution in [-0.4, -0.2) is 11.8 Å². The SMILES string of the molecule is C[C@H](Br)c1ccccc1N1C(=O)CCC1=O. The fourth-order valence-electron chi connectivity index (χ4n) is 1.87. The van der Waals surface area contributed by atoms with Gasteiger partial charge in [0.15, 0.2) is 0 Å². The number of para-hydroxylation sites is 1. The van der Waals surface area contributed by atoms with Crippen LogP contribution in [0.4, 0.5) is 5.69 Å². The molecule has 1 saturated heterocycles. The van der Waals surface area contributed by atoms with Gasteiger partial charge in [-0.3, -0.25) is 14.5 Å². The summed E-state index contributed by atoms with van der Waals surface area (Å²) in [5, 5.41) is 0. The Kier molecular flexibility index (Phi) is 3.10. The number of hydrogen-bond acceptors (Lipinski definition) is 2. The minimum atomic E-state index is -0.106. The van der Waals surface area contributed by atoms with Crippen LogP contribution in [0.25, 0.3) is 0 Å². The number of benzene rings is 1. The second-order valence-corrected chi connectivity index (χ2v) is 5.17. The topological polar surface area (TPSA) is 37.4 Å². The molecule has 1 atom stereocenters. The van der Waals surface area contributed by atoms with E-state index in [1.54, 1.807) is 0 Å². The highest BCUT2D eigenvalue weighted by molar-refractivity contribution is 9.09. The highest BCUT2D eigenvalue weighted by Gasteiger charge is 2.31. The van der Waals surface area contributed by atoms with E-state index in [2.05, 4.69) is 15.9 Å². The summed E-state index contributed by atoms with van der Waals surface area (Å²) in [5.41, 5.74) is 1.67. The summed E-state index contributed by atoms with van der Waals surface area (Å²) in [7, 11) is 0. The maximum atomic E-state index is 11.6. The molecule has 0 unspecified atom stereocenters. The van der Waals surface area contributed by atoms with Crippen molar-refractivity contribution in [2.24, 2.45) is 0 Å². The minimum absolute atomic E-state index is 0.106. The molecule has 0 aromatic heterocycles. The molecular weight excluding hydrogens is 270 g/mol. The molecule has 4 heteroatoms. The maximum Gasteiger partial charge on any atom is 0.234 e. The van der Waals surface area contributed by atoms with Crippen LogP contribution in [0.15, 0.2) is 24.3 Å². The molecule has 1 aliphatic rings. The van der Waals surface area contributed by atoms with Crippen molar-refractivity contribution in [2.75, 3.05) is 4.90 Å². The number of anilines is 1. The van der Waals surface area contributed by atoms with E-state index in [-0.39, 0.29) is 16.6 Å². The highest BCUT2D eigenvalue weighted by atomic mass is 79.9. The summed E-state index contributed by atoms with van der Waals surface area (Å²) in [6, 6.07) is 7.48. The number of carbonyl (C=O) groups is 2. The van der Waals surface area contributed by atoms with Crippen LogP contribution in [0, 0.1) is 0 Å². The lowest BCUT2D eigenvalue weighted by atomic mass is 10.1. The first-order valence-corrected chi connectivity index (χ1v) is 6.11. The Morgan fingerprint density at radius 1 is 1.19 bits per heavy atom. The van der Waals surface area contributed by atoms with Gasteiger partial charge in [-0.2, -0.15) is 0 Å². The number of amides is 2. The van der Waals surface area contributed by atoms with Crippen LogP contribution < -0.4 is 4.90 Å². The quantitative estimate of drug-likeness (QED) is 0.618. The molecule has 1 fully saturated rings. The Labute approximate surface area is 103 Å². The van der Waals surface area contributed by atoms with E-state index >= 15 is 0 Å². The van der Waals surface area contributed by atoms with E-state index in [0.29, 0.717) is 18.5 Å². The number of halogens is 1. The van der Waals surface area contributed by atoms with Gasteiger partial charge >= 0.3 is 0 Å². The van der Waals surface area contributed by atoms with Gasteiger partial charge in [0.25, 0.3) is 0 Å². The molecule has 1 heterocycles. The Bertz CT molecular complexity index is 426. The van der Waals surface area contributed by atoms with Crippen molar-refractivity contribution < 1.29 is 9.59 Å². The van der Waals surface area contributed by atoms with Crippen LogP contribution in [0.2, 0.25) is 0 Å². The Morgan fingerprint density at radius 2 is 1.75 bits per heavy atom. The van der Waals surface area contributed by atoms with Crippen LogP contribution in [0.1, 0.15) is 30.2 Å². The fraction of sp³-hybridized carbons (Fsp3) is 0.333. The van der Waals surface area contributed by atoms with E-state index in [4.69, 9.17) is 0 Å². The first-order chi connectivity index (χ1) is 7.61. The zero-order valence-corrected chi connectivity index (χ0v) is 10.5. The van der Waals surface area contributed by atoms with Gasteiger partial charge in [0, 0.05) is 17.7 Å². The monoisotopic (exact) mass is 281 g/mol. The van der Waals surface area contributed by atoms with Crippen molar-refractivity contribution in [2.45, 2.75) is 24.6 Å². The molecular formula is C12H12BrNO2. The third-order valence-corrected chi connectivity index (χ3v) is 3.15. The molecule has 0 spiro atoms. The predicted molar refractivity (Wildman–Crippen MR) is 65.5 cm³/mol. The van der Waals surface area contributed by atoms with Crippen molar-refractivity contribution in [1.82, 2.24) is 0 Å². The smallest absolute Gasteiger partial charge is 0.234 e. The lowest BCUT2D eigenvalue weighted by Gasteiger charge is -2.19. The van der Waals surface area contributed by atoms with Gasteiger partial charge in [0.1, 0.15) is 0 Å². The van der Waals surface area contributed by atoms with Gasteiger partial charge in [-0.25, -0.2) is 0 Å². The van der Waals surface area contributed by atoms with E-state index in [1.165, 1.54) is 4.90 Å². The summed E-state index contributed by atoms with van der Waals surface area (Å²) in [6.45, 7) is 1.98. The molecule has 0 bridgehead atoms. The summed E-state index contributed by atoms with van der Waals surface area (Å²) in [6.07, 6.45) is 0.646. The molecule has 0 aliphatic carbocycles. The zero-order valence-electron chi connectivity index (χ0n) is 8.94. The highest BCUT2D eigenvalue weighted by Crippen LogP contribution is 2.33. The normalized spacial score (nSPS) is 18.0. The van der Waals surface area contributed by atoms with Crippen molar-refractivity contribution in [1.29, 1.82) is 0 Å². The van der Waals surface area contributed by atoms with E-state index in [9.17, 15) is 9.59 Å². The summed E-state index contributed by atoms with van der Waals surface area (Å²) in [4.78, 5) is 24.7. The van der Waals surface area contributed by atoms with Gasteiger partial charge in [0.2, 0.25) is 11.8 Å². The van der Waals surface area contributed by atoms with Crippen molar-refractivity contribution in [3.63, 3.8) is 0 Å². The molecule has 84 valence electrons. The standard InChI is InChI=1S/C12H12BrNO2/c1-8(13)9-4-2-3-5-10(9)14-11(15)6-7-12(14)16/h2-5,8H,6-7H2,1H3/t8-/m0/s1. The zero-order chi connectivity index (χ0) is 11.7. The third kappa shape index (κ3) is 1.89. The van der Waals surface area contributed by atoms with Crippen molar-refractivity contribution >= 4 is 33.4 Å². The number of imide groups is 1. The number of nitrogens with zero attached hydrogens (tertiary/aromatic N) is 1. The Morgan fingerprint density at radius 3 is 2.31 bits per heavy atom. The molecule has 3 nitrogen and oxygen atoms in total. The second kappa shape index (κ2) is 4.37. The number of hydrogen-bond donors (Lipinski definition) is 0. The van der Waals surface area contributed by atoms with Gasteiger partial charge in [-0.1, -0.05) is 34.1 Å². The molecule has 2 rings (SSSR count). The third-order valence-electron chi connectivity index (χ3n) is 2.66. The lowest BCUT2D eigenvalue weighted by Crippen LogP contribution is -2.29. The van der Waals surface area contributed by atoms with Crippen LogP contribution in [0.5, 0.6) is 0 Å². The van der Waals surface area contributed by atoms with Gasteiger partial charge in [-0.15, -0.1) is 0 Å². The van der Waals surface area contributed by atoms with Crippen molar-refractivity contribution in [3.05, 3.63) is 29.8 Å². The number of rotatable bonds is 2. The predicted octanol–water partition coefficient (Wildman–Crippen LogP) is 2.80. The van der Waals surface area contributed by atoms with Gasteiger partial charge < -0.3 is 0 Å². The van der Waals surface area contributed by atoms with Crippen LogP contribution >= 0.6 is 15.9 Å². The summed E-state index contributed by atoms with van der Waals surface area (Å²) < 4.78 is 0. The first-order valence-electron chi connectivity index (χ1n) is 5.20. The summed E-state index contributed by atoms with van der Waals surface area (Å²) >= 11 is 3.47. The van der Waals surface area contributed by atoms with Gasteiger partial charge in [0.05, 0.1) is 5.69 Å². The van der Waals surface area contributed by atoms with Crippen LogP contribution in [-0.2, 0) is 9.59 Å². The second-order valence-electron chi connectivity index (χ2n) is 3.80. The lowest BCUT2D eigenvalue weighted by molar-refractivity contribution is -0.121. The van der Waals surface area contributed by atoms with Crippen molar-refractivity contribution in [3.8, 4) is 0 Å². The molecule has 0 saturated carbocycles. The number of alkyl halides is 1. The Balaban J connectivity index is 2.47. The van der Waals surface area contributed by atoms with Gasteiger partial charge in [-0.05, 0) is 18.6 Å². The Hall–Kier alpha value is -1.16. The average molecular weight is 282 g/mol. The molecule has 1 aromatic carbocycles.